The molecule has 5 heteroatoms. The largest absolute Gasteiger partial charge is 0.340 e. The van der Waals surface area contributed by atoms with Crippen LogP contribution in [0.15, 0.2) is 30.3 Å². The lowest BCUT2D eigenvalue weighted by molar-refractivity contribution is -0.132. The van der Waals surface area contributed by atoms with Gasteiger partial charge in [0.2, 0.25) is 5.91 Å². The summed E-state index contributed by atoms with van der Waals surface area (Å²) in [6.07, 6.45) is 4.72. The molecule has 1 aliphatic carbocycles. The number of nitrogens with zero attached hydrogens (tertiary/aromatic N) is 2. The third-order valence-corrected chi connectivity index (χ3v) is 5.63. The lowest BCUT2D eigenvalue weighted by Gasteiger charge is -2.36. The monoisotopic (exact) mass is 365 g/mol. The molecule has 2 aliphatic rings. The number of hydrogen-bond acceptors (Lipinski definition) is 3. The van der Waals surface area contributed by atoms with Crippen LogP contribution in [0.5, 0.6) is 0 Å². The van der Waals surface area contributed by atoms with E-state index in [2.05, 4.69) is 47.5 Å². The molecular weight excluding hydrogens is 334 g/mol. The lowest BCUT2D eigenvalue weighted by Crippen LogP contribution is -2.47. The summed E-state index contributed by atoms with van der Waals surface area (Å²) in [4.78, 5) is 17.0. The Labute approximate surface area is 158 Å². The van der Waals surface area contributed by atoms with E-state index in [-0.39, 0.29) is 12.4 Å². The van der Waals surface area contributed by atoms with Gasteiger partial charge in [0.25, 0.3) is 0 Å². The Morgan fingerprint density at radius 1 is 1.24 bits per heavy atom. The minimum absolute atomic E-state index is 0. The van der Waals surface area contributed by atoms with Crippen LogP contribution in [-0.2, 0) is 4.79 Å². The number of amides is 1. The highest BCUT2D eigenvalue weighted by atomic mass is 35.5. The molecule has 1 aliphatic heterocycles. The van der Waals surface area contributed by atoms with Crippen LogP contribution in [0.25, 0.3) is 0 Å². The first kappa shape index (κ1) is 20.2. The summed E-state index contributed by atoms with van der Waals surface area (Å²) in [7, 11) is 0. The number of rotatable bonds is 7. The maximum Gasteiger partial charge on any atom is 0.223 e. The number of carbonyl (C=O) groups is 1. The van der Waals surface area contributed by atoms with E-state index in [0.29, 0.717) is 18.4 Å². The van der Waals surface area contributed by atoms with E-state index in [1.165, 1.54) is 24.8 Å². The van der Waals surface area contributed by atoms with Crippen LogP contribution in [0.3, 0.4) is 0 Å². The average molecular weight is 366 g/mol. The van der Waals surface area contributed by atoms with Crippen LogP contribution in [0, 0.1) is 5.92 Å². The highest BCUT2D eigenvalue weighted by Crippen LogP contribution is 2.30. The van der Waals surface area contributed by atoms with Crippen molar-refractivity contribution in [1.82, 2.24) is 15.1 Å². The van der Waals surface area contributed by atoms with Crippen molar-refractivity contribution >= 4 is 18.3 Å². The maximum atomic E-state index is 12.5. The van der Waals surface area contributed by atoms with Crippen LogP contribution < -0.4 is 5.32 Å². The fourth-order valence-corrected chi connectivity index (χ4v) is 3.70. The third-order valence-electron chi connectivity index (χ3n) is 5.63. The number of nitrogens with one attached hydrogen (secondary N) is 1. The summed E-state index contributed by atoms with van der Waals surface area (Å²) < 4.78 is 0. The molecule has 1 saturated carbocycles. The molecule has 1 heterocycles. The Morgan fingerprint density at radius 3 is 2.52 bits per heavy atom. The first-order valence-electron chi connectivity index (χ1n) is 9.51. The van der Waals surface area contributed by atoms with Crippen LogP contribution >= 0.6 is 12.4 Å². The smallest absolute Gasteiger partial charge is 0.223 e. The standard InChI is InChI=1S/C20H31N3O.ClH/c1-17(19-8-3-2-4-9-19)23(16-18-6-5-7-18)13-10-20(24)22-14-11-21-12-15-22;/h2-4,8-9,17-18,21H,5-7,10-16H2,1H3;1H. The molecule has 1 N–H and O–H groups in total. The minimum atomic E-state index is 0. The van der Waals surface area contributed by atoms with Crippen molar-refractivity contribution in [3.8, 4) is 0 Å². The lowest BCUT2D eigenvalue weighted by atomic mass is 9.84. The van der Waals surface area contributed by atoms with Crippen LogP contribution in [0.1, 0.15) is 44.2 Å². The first-order valence-corrected chi connectivity index (χ1v) is 9.51. The van der Waals surface area contributed by atoms with Gasteiger partial charge in [-0.2, -0.15) is 0 Å². The van der Waals surface area contributed by atoms with Gasteiger partial charge in [-0.3, -0.25) is 9.69 Å². The first-order chi connectivity index (χ1) is 11.7. The van der Waals surface area contributed by atoms with E-state index in [9.17, 15) is 4.79 Å². The Bertz CT molecular complexity index is 515. The zero-order valence-corrected chi connectivity index (χ0v) is 16.1. The van der Waals surface area contributed by atoms with Gasteiger partial charge >= 0.3 is 0 Å². The predicted molar refractivity (Wildman–Crippen MR) is 105 cm³/mol. The molecule has 0 aromatic heterocycles. The average Bonchev–Trinajstić information content (AvgIpc) is 2.61. The second-order valence-electron chi connectivity index (χ2n) is 7.26. The second kappa shape index (κ2) is 10.1. The molecule has 1 aromatic rings. The van der Waals surface area contributed by atoms with E-state index in [1.54, 1.807) is 0 Å². The summed E-state index contributed by atoms with van der Waals surface area (Å²) in [6.45, 7) is 7.85. The Balaban J connectivity index is 0.00000225. The van der Waals surface area contributed by atoms with Crippen molar-refractivity contribution in [2.45, 2.75) is 38.6 Å². The molecule has 3 rings (SSSR count). The number of benzene rings is 1. The molecule has 1 atom stereocenters. The highest BCUT2D eigenvalue weighted by Gasteiger charge is 2.25. The fraction of sp³-hybridized carbons (Fsp3) is 0.650. The number of halogens is 1. The molecule has 1 unspecified atom stereocenters. The molecule has 140 valence electrons. The Kier molecular flexibility index (Phi) is 8.20. The van der Waals surface area contributed by atoms with E-state index in [0.717, 1.165) is 45.2 Å². The van der Waals surface area contributed by atoms with Crippen molar-refractivity contribution in [2.24, 2.45) is 5.92 Å². The molecule has 1 amide bonds. The van der Waals surface area contributed by atoms with Gasteiger partial charge in [0.1, 0.15) is 0 Å². The van der Waals surface area contributed by atoms with Gasteiger partial charge in [0.05, 0.1) is 0 Å². The van der Waals surface area contributed by atoms with Gasteiger partial charge in [-0.15, -0.1) is 12.4 Å². The Morgan fingerprint density at radius 2 is 1.92 bits per heavy atom. The van der Waals surface area contributed by atoms with E-state index in [1.807, 2.05) is 4.90 Å². The summed E-state index contributed by atoms with van der Waals surface area (Å²) >= 11 is 0. The molecule has 0 spiro atoms. The molecule has 0 radical (unpaired) electrons. The Hall–Kier alpha value is -1.10. The van der Waals surface area contributed by atoms with E-state index in [4.69, 9.17) is 0 Å². The topological polar surface area (TPSA) is 35.6 Å². The van der Waals surface area contributed by atoms with Crippen LogP contribution in [-0.4, -0.2) is 55.0 Å². The van der Waals surface area contributed by atoms with Crippen LogP contribution in [0.4, 0.5) is 0 Å². The van der Waals surface area contributed by atoms with Crippen molar-refractivity contribution in [3.05, 3.63) is 35.9 Å². The molecular formula is C20H32ClN3O. The zero-order chi connectivity index (χ0) is 16.8. The van der Waals surface area contributed by atoms with Crippen LogP contribution in [0.2, 0.25) is 0 Å². The van der Waals surface area contributed by atoms with Gasteiger partial charge in [-0.1, -0.05) is 36.8 Å². The van der Waals surface area contributed by atoms with Gasteiger partial charge < -0.3 is 10.2 Å². The molecule has 1 saturated heterocycles. The molecule has 0 bridgehead atoms. The van der Waals surface area contributed by atoms with Crippen molar-refractivity contribution in [1.29, 1.82) is 0 Å². The summed E-state index contributed by atoms with van der Waals surface area (Å²) in [5.41, 5.74) is 1.35. The van der Waals surface area contributed by atoms with Gasteiger partial charge in [0.15, 0.2) is 0 Å². The quantitative estimate of drug-likeness (QED) is 0.806. The van der Waals surface area contributed by atoms with Gasteiger partial charge in [-0.05, 0) is 31.2 Å². The predicted octanol–water partition coefficient (Wildman–Crippen LogP) is 3.09. The maximum absolute atomic E-state index is 12.5. The molecule has 1 aromatic carbocycles. The van der Waals surface area contributed by atoms with E-state index >= 15 is 0 Å². The SMILES string of the molecule is CC(c1ccccc1)N(CCC(=O)N1CCNCC1)CC1CCC1.Cl. The summed E-state index contributed by atoms with van der Waals surface area (Å²) in [5, 5.41) is 3.31. The van der Waals surface area contributed by atoms with E-state index < -0.39 is 0 Å². The number of carbonyl (C=O) groups excluding carboxylic acids is 1. The number of piperazine rings is 1. The highest BCUT2D eigenvalue weighted by molar-refractivity contribution is 5.85. The van der Waals surface area contributed by atoms with Crippen molar-refractivity contribution < 1.29 is 4.79 Å². The molecule has 2 fully saturated rings. The number of hydrogen-bond donors (Lipinski definition) is 1. The molecule has 4 nitrogen and oxygen atoms in total. The third kappa shape index (κ3) is 5.70. The second-order valence-corrected chi connectivity index (χ2v) is 7.26. The molecule has 25 heavy (non-hydrogen) atoms. The van der Waals surface area contributed by atoms with Gasteiger partial charge in [0, 0.05) is 51.7 Å². The fourth-order valence-electron chi connectivity index (χ4n) is 3.70. The summed E-state index contributed by atoms with van der Waals surface area (Å²) in [5.74, 6) is 1.14. The zero-order valence-electron chi connectivity index (χ0n) is 15.3. The summed E-state index contributed by atoms with van der Waals surface area (Å²) in [6, 6.07) is 11.1. The van der Waals surface area contributed by atoms with Gasteiger partial charge in [-0.25, -0.2) is 0 Å². The normalized spacial score (nSPS) is 19.2. The van der Waals surface area contributed by atoms with Crippen molar-refractivity contribution in [2.75, 3.05) is 39.3 Å². The minimum Gasteiger partial charge on any atom is -0.340 e. The van der Waals surface area contributed by atoms with Crippen molar-refractivity contribution in [3.63, 3.8) is 0 Å².